The Labute approximate surface area is 187 Å². The van der Waals surface area contributed by atoms with Crippen LogP contribution in [0.4, 0.5) is 0 Å². The van der Waals surface area contributed by atoms with E-state index in [0.29, 0.717) is 17.2 Å². The second-order valence-electron chi connectivity index (χ2n) is 6.15. The van der Waals surface area contributed by atoms with Gasteiger partial charge in [-0.2, -0.15) is 10.5 Å². The number of halogens is 1. The van der Waals surface area contributed by atoms with Crippen LogP contribution in [0.3, 0.4) is 0 Å². The molecule has 154 valence electrons. The number of nitrogens with zero attached hydrogens (tertiary/aromatic N) is 5. The summed E-state index contributed by atoms with van der Waals surface area (Å²) in [5.41, 5.74) is -0.232. The van der Waals surface area contributed by atoms with E-state index in [1.807, 2.05) is 12.1 Å². The maximum Gasteiger partial charge on any atom is 0.215 e. The normalized spacial score (nSPS) is 9.97. The van der Waals surface area contributed by atoms with E-state index in [4.69, 9.17) is 25.8 Å². The summed E-state index contributed by atoms with van der Waals surface area (Å²) in [6, 6.07) is 13.9. The number of ether oxygens (including phenoxy) is 3. The van der Waals surface area contributed by atoms with Crippen molar-refractivity contribution in [3.63, 3.8) is 0 Å². The molecule has 0 aliphatic carbocycles. The van der Waals surface area contributed by atoms with Crippen molar-refractivity contribution >= 4 is 11.6 Å². The molecule has 0 fully saturated rings. The molecule has 32 heavy (non-hydrogen) atoms. The van der Waals surface area contributed by atoms with Crippen LogP contribution >= 0.6 is 11.6 Å². The van der Waals surface area contributed by atoms with Gasteiger partial charge in [-0.25, -0.2) is 0 Å². The summed E-state index contributed by atoms with van der Waals surface area (Å²) in [7, 11) is 0. The summed E-state index contributed by atoms with van der Waals surface area (Å²) in [5, 5.41) is 19.4. The molecule has 0 unspecified atom stereocenters. The Morgan fingerprint density at radius 1 is 0.625 bits per heavy atom. The highest BCUT2D eigenvalue weighted by atomic mass is 35.5. The largest absolute Gasteiger partial charge is 0.450 e. The molecule has 8 nitrogen and oxygen atoms in total. The van der Waals surface area contributed by atoms with Gasteiger partial charge in [0.2, 0.25) is 5.75 Å². The molecule has 1 aromatic carbocycles. The van der Waals surface area contributed by atoms with Gasteiger partial charge in [0.1, 0.15) is 40.0 Å². The number of nitriles is 2. The van der Waals surface area contributed by atoms with Crippen LogP contribution in [0.15, 0.2) is 73.6 Å². The zero-order valence-electron chi connectivity index (χ0n) is 16.3. The minimum atomic E-state index is -0.120. The average molecular weight is 442 g/mol. The van der Waals surface area contributed by atoms with Gasteiger partial charge in [0, 0.05) is 18.6 Å². The van der Waals surface area contributed by atoms with Crippen LogP contribution in [0.1, 0.15) is 11.1 Å². The fourth-order valence-electron chi connectivity index (χ4n) is 2.72. The standard InChI is InChI=1S/C23H12ClN5O3/c24-20-18(10-25)19(11-26)21(30-15-4-1-7-27-12-15)23(32-17-6-3-9-29-14-17)22(20)31-16-5-2-8-28-13-16/h1-9,12-14H. The van der Waals surface area contributed by atoms with Crippen LogP contribution in [0, 0.1) is 22.7 Å². The average Bonchev–Trinajstić information content (AvgIpc) is 2.84. The molecule has 0 atom stereocenters. The van der Waals surface area contributed by atoms with E-state index < -0.39 is 0 Å². The predicted molar refractivity (Wildman–Crippen MR) is 114 cm³/mol. The van der Waals surface area contributed by atoms with Crippen LogP contribution in [0.5, 0.6) is 34.5 Å². The molecule has 0 N–H and O–H groups in total. The quantitative estimate of drug-likeness (QED) is 0.377. The third-order valence-corrected chi connectivity index (χ3v) is 4.46. The van der Waals surface area contributed by atoms with Crippen molar-refractivity contribution in [3.05, 3.63) is 89.7 Å². The summed E-state index contributed by atoms with van der Waals surface area (Å²) in [5.74, 6) is 0.919. The Morgan fingerprint density at radius 2 is 1.06 bits per heavy atom. The van der Waals surface area contributed by atoms with Crippen molar-refractivity contribution in [2.45, 2.75) is 0 Å². The Kier molecular flexibility index (Phi) is 6.08. The Hall–Kier alpha value is -4.66. The first-order valence-corrected chi connectivity index (χ1v) is 9.52. The summed E-state index contributed by atoms with van der Waals surface area (Å²) < 4.78 is 17.9. The number of hydrogen-bond acceptors (Lipinski definition) is 8. The second-order valence-corrected chi connectivity index (χ2v) is 6.53. The molecule has 4 rings (SSSR count). The first-order valence-electron chi connectivity index (χ1n) is 9.14. The first kappa shape index (κ1) is 20.6. The highest BCUT2D eigenvalue weighted by Crippen LogP contribution is 2.51. The topological polar surface area (TPSA) is 114 Å². The second kappa shape index (κ2) is 9.43. The van der Waals surface area contributed by atoms with Crippen molar-refractivity contribution < 1.29 is 14.2 Å². The van der Waals surface area contributed by atoms with E-state index in [2.05, 4.69) is 15.0 Å². The van der Waals surface area contributed by atoms with Gasteiger partial charge in [0.15, 0.2) is 11.5 Å². The summed E-state index contributed by atoms with van der Waals surface area (Å²) in [6.45, 7) is 0. The summed E-state index contributed by atoms with van der Waals surface area (Å²) in [4.78, 5) is 12.1. The van der Waals surface area contributed by atoms with Gasteiger partial charge in [0.05, 0.1) is 24.2 Å². The molecule has 0 spiro atoms. The third kappa shape index (κ3) is 4.26. The molecular weight excluding hydrogens is 430 g/mol. The zero-order valence-corrected chi connectivity index (χ0v) is 17.0. The maximum atomic E-state index is 9.83. The number of aromatic nitrogens is 3. The number of benzene rings is 1. The van der Waals surface area contributed by atoms with Crippen molar-refractivity contribution in [1.29, 1.82) is 10.5 Å². The van der Waals surface area contributed by atoms with Gasteiger partial charge in [-0.05, 0) is 36.4 Å². The molecule has 0 bridgehead atoms. The lowest BCUT2D eigenvalue weighted by Gasteiger charge is -2.19. The van der Waals surface area contributed by atoms with E-state index in [-0.39, 0.29) is 33.4 Å². The monoisotopic (exact) mass is 441 g/mol. The minimum Gasteiger partial charge on any atom is -0.450 e. The van der Waals surface area contributed by atoms with Crippen molar-refractivity contribution in [3.8, 4) is 46.6 Å². The van der Waals surface area contributed by atoms with Crippen molar-refractivity contribution in [2.24, 2.45) is 0 Å². The van der Waals surface area contributed by atoms with Gasteiger partial charge >= 0.3 is 0 Å². The molecular formula is C23H12ClN5O3. The van der Waals surface area contributed by atoms with Crippen LogP contribution in [0.2, 0.25) is 5.02 Å². The SMILES string of the molecule is N#Cc1c(Cl)c(Oc2cccnc2)c(Oc2cccnc2)c(Oc2cccnc2)c1C#N. The smallest absolute Gasteiger partial charge is 0.215 e. The first-order chi connectivity index (χ1) is 15.7. The lowest BCUT2D eigenvalue weighted by molar-refractivity contribution is 0.384. The minimum absolute atomic E-state index is 0.00810. The van der Waals surface area contributed by atoms with E-state index in [9.17, 15) is 10.5 Å². The molecule has 0 amide bonds. The predicted octanol–water partition coefficient (Wildman–Crippen LogP) is 5.65. The zero-order chi connectivity index (χ0) is 22.3. The molecule has 3 aromatic heterocycles. The van der Waals surface area contributed by atoms with Crippen LogP contribution in [-0.2, 0) is 0 Å². The van der Waals surface area contributed by atoms with E-state index >= 15 is 0 Å². The Bertz CT molecular complexity index is 1320. The maximum absolute atomic E-state index is 9.83. The van der Waals surface area contributed by atoms with Crippen molar-refractivity contribution in [2.75, 3.05) is 0 Å². The molecule has 3 heterocycles. The number of hydrogen-bond donors (Lipinski definition) is 0. The molecule has 0 saturated carbocycles. The summed E-state index contributed by atoms with van der Waals surface area (Å²) in [6.07, 6.45) is 9.13. The molecule has 4 aromatic rings. The fourth-order valence-corrected chi connectivity index (χ4v) is 2.98. The molecule has 0 aliphatic rings. The highest BCUT2D eigenvalue weighted by Gasteiger charge is 2.29. The highest BCUT2D eigenvalue weighted by molar-refractivity contribution is 6.34. The lowest BCUT2D eigenvalue weighted by Crippen LogP contribution is -2.01. The van der Waals surface area contributed by atoms with E-state index in [1.54, 1.807) is 55.0 Å². The van der Waals surface area contributed by atoms with Crippen LogP contribution in [0.25, 0.3) is 0 Å². The van der Waals surface area contributed by atoms with Gasteiger partial charge < -0.3 is 14.2 Å². The fraction of sp³-hybridized carbons (Fsp3) is 0. The lowest BCUT2D eigenvalue weighted by atomic mass is 10.1. The number of rotatable bonds is 6. The molecule has 9 heteroatoms. The van der Waals surface area contributed by atoms with Gasteiger partial charge in [-0.3, -0.25) is 15.0 Å². The molecule has 0 saturated heterocycles. The number of pyridine rings is 3. The van der Waals surface area contributed by atoms with Gasteiger partial charge in [0.25, 0.3) is 0 Å². The van der Waals surface area contributed by atoms with E-state index in [1.165, 1.54) is 18.6 Å². The van der Waals surface area contributed by atoms with E-state index in [0.717, 1.165) is 0 Å². The molecule has 0 radical (unpaired) electrons. The van der Waals surface area contributed by atoms with Gasteiger partial charge in [-0.1, -0.05) is 11.6 Å². The Balaban J connectivity index is 1.97. The Morgan fingerprint density at radius 3 is 1.47 bits per heavy atom. The van der Waals surface area contributed by atoms with Crippen LogP contribution in [-0.4, -0.2) is 15.0 Å². The molecule has 0 aliphatic heterocycles. The van der Waals surface area contributed by atoms with Crippen LogP contribution < -0.4 is 14.2 Å². The van der Waals surface area contributed by atoms with Crippen molar-refractivity contribution in [1.82, 2.24) is 15.0 Å². The third-order valence-electron chi connectivity index (χ3n) is 4.09. The van der Waals surface area contributed by atoms with Gasteiger partial charge in [-0.15, -0.1) is 0 Å². The summed E-state index contributed by atoms with van der Waals surface area (Å²) >= 11 is 6.51.